The number of likely N-dealkylation sites (N-methyl/N-ethyl adjacent to an activating group) is 1. The maximum Gasteiger partial charge on any atom is 0.234 e. The Morgan fingerprint density at radius 1 is 0.912 bits per heavy atom. The molecule has 57 heavy (non-hydrogen) atoms. The van der Waals surface area contributed by atoms with Gasteiger partial charge in [-0.2, -0.15) is 4.37 Å². The second kappa shape index (κ2) is 18.0. The van der Waals surface area contributed by atoms with E-state index in [0.717, 1.165) is 76.4 Å². The Morgan fingerprint density at radius 2 is 1.68 bits per heavy atom. The molecule has 3 aromatic heterocycles. The summed E-state index contributed by atoms with van der Waals surface area (Å²) in [5, 5.41) is 1.66. The molecule has 0 bridgehead atoms. The van der Waals surface area contributed by atoms with Crippen LogP contribution in [0.3, 0.4) is 0 Å². The molecule has 0 spiro atoms. The lowest BCUT2D eigenvalue weighted by Gasteiger charge is -2.32. The molecule has 1 aliphatic heterocycles. The number of para-hydroxylation sites is 1. The summed E-state index contributed by atoms with van der Waals surface area (Å²) in [6.07, 6.45) is 7.32. The van der Waals surface area contributed by atoms with Crippen LogP contribution < -0.4 is 14.2 Å². The number of pyridine rings is 1. The molecule has 1 atom stereocenters. The highest BCUT2D eigenvalue weighted by Gasteiger charge is 2.24. The van der Waals surface area contributed by atoms with E-state index < -0.39 is 9.84 Å². The first-order chi connectivity index (χ1) is 27.5. The van der Waals surface area contributed by atoms with E-state index in [9.17, 15) is 8.42 Å². The molecule has 6 aromatic rings. The van der Waals surface area contributed by atoms with E-state index in [-0.39, 0.29) is 17.6 Å². The smallest absolute Gasteiger partial charge is 0.234 e. The van der Waals surface area contributed by atoms with Crippen molar-refractivity contribution < 1.29 is 22.6 Å². The molecular weight excluding hydrogens is 804 g/mol. The zero-order chi connectivity index (χ0) is 40.1. The number of benzene rings is 3. The molecule has 298 valence electrons. The largest absolute Gasteiger partial charge is 0.491 e. The number of rotatable bonds is 15. The number of hydrogen-bond donors (Lipinski definition) is 0. The molecule has 1 fully saturated rings. The van der Waals surface area contributed by atoms with Crippen molar-refractivity contribution in [1.29, 1.82) is 0 Å². The molecule has 4 heterocycles. The third kappa shape index (κ3) is 9.68. The molecule has 0 N–H and O–H groups in total. The lowest BCUT2D eigenvalue weighted by atomic mass is 9.99. The third-order valence-corrected chi connectivity index (χ3v) is 12.7. The quantitative estimate of drug-likeness (QED) is 0.0927. The van der Waals surface area contributed by atoms with Gasteiger partial charge in [-0.1, -0.05) is 66.5 Å². The lowest BCUT2D eigenvalue weighted by molar-refractivity contribution is 0.134. The molecule has 11 nitrogen and oxygen atoms in total. The standard InChI is InChI=1S/C42H44Cl2N6O5S2/c1-5-31(21-29-9-6-7-12-34(29)54-26-28-23-46-41(47-24-28)30-10-8-11-32(22-30)57(4,51)52)55-42-38-36(56-48-42)25-45-40(44)37(38)33-13-14-35(39(43)27(33)2)53-20-19-50-17-15-49(3)16-18-50/h6-14,22-25,31H,5,15-21,26H2,1-4H3/t31-/m0/s1. The molecular formula is C42H44Cl2N6O5S2. The van der Waals surface area contributed by atoms with Gasteiger partial charge >= 0.3 is 0 Å². The van der Waals surface area contributed by atoms with Crippen LogP contribution in [0.2, 0.25) is 10.2 Å². The highest BCUT2D eigenvalue weighted by atomic mass is 35.5. The van der Waals surface area contributed by atoms with Crippen molar-refractivity contribution in [2.45, 2.75) is 44.3 Å². The van der Waals surface area contributed by atoms with Crippen molar-refractivity contribution in [2.75, 3.05) is 52.6 Å². The van der Waals surface area contributed by atoms with Crippen LogP contribution in [-0.4, -0.2) is 96.3 Å². The van der Waals surface area contributed by atoms with E-state index >= 15 is 0 Å². The average molecular weight is 848 g/mol. The van der Waals surface area contributed by atoms with Crippen molar-refractivity contribution >= 4 is 54.7 Å². The summed E-state index contributed by atoms with van der Waals surface area (Å²) in [5.74, 6) is 2.27. The molecule has 3 aromatic carbocycles. The highest BCUT2D eigenvalue weighted by molar-refractivity contribution is 7.90. The predicted octanol–water partition coefficient (Wildman–Crippen LogP) is 8.44. The Hall–Kier alpha value is -4.37. The first-order valence-corrected chi connectivity index (χ1v) is 22.2. The second-order valence-electron chi connectivity index (χ2n) is 14.2. The van der Waals surface area contributed by atoms with Crippen LogP contribution in [0.25, 0.3) is 32.6 Å². The van der Waals surface area contributed by atoms with Gasteiger partial charge in [0, 0.05) is 80.7 Å². The van der Waals surface area contributed by atoms with Crippen molar-refractivity contribution in [3.63, 3.8) is 0 Å². The Bertz CT molecular complexity index is 2460. The fourth-order valence-corrected chi connectivity index (χ4v) is 8.53. The van der Waals surface area contributed by atoms with Crippen LogP contribution in [-0.2, 0) is 22.9 Å². The SMILES string of the molecule is CC[C@@H](Cc1ccccc1OCc1cnc(-c2cccc(S(C)(=O)=O)c2)nc1)Oc1nsc2cnc(Cl)c(-c3ccc(OCCN4CCN(C)CC4)c(Cl)c3C)c12. The van der Waals surface area contributed by atoms with Crippen molar-refractivity contribution in [3.8, 4) is 39.9 Å². The summed E-state index contributed by atoms with van der Waals surface area (Å²) in [6.45, 7) is 9.84. The molecule has 7 rings (SSSR count). The number of nitrogens with zero attached hydrogens (tertiary/aromatic N) is 6. The number of hydrogen-bond acceptors (Lipinski definition) is 12. The van der Waals surface area contributed by atoms with Gasteiger partial charge in [0.2, 0.25) is 5.88 Å². The van der Waals surface area contributed by atoms with Crippen molar-refractivity contribution in [2.24, 2.45) is 0 Å². The van der Waals surface area contributed by atoms with Gasteiger partial charge in [-0.15, -0.1) is 0 Å². The van der Waals surface area contributed by atoms with Crippen molar-refractivity contribution in [1.82, 2.24) is 29.1 Å². The fraction of sp³-hybridized carbons (Fsp3) is 0.333. The van der Waals surface area contributed by atoms with E-state index in [1.54, 1.807) is 42.9 Å². The summed E-state index contributed by atoms with van der Waals surface area (Å²) in [4.78, 5) is 18.4. The molecule has 0 unspecified atom stereocenters. The number of fused-ring (bicyclic) bond motifs is 1. The average Bonchev–Trinajstić information content (AvgIpc) is 3.62. The van der Waals surface area contributed by atoms with Crippen LogP contribution in [0, 0.1) is 6.92 Å². The first kappa shape index (κ1) is 40.8. The van der Waals surface area contributed by atoms with E-state index in [0.29, 0.717) is 52.6 Å². The number of sulfone groups is 1. The van der Waals surface area contributed by atoms with Gasteiger partial charge in [0.25, 0.3) is 0 Å². The van der Waals surface area contributed by atoms with Gasteiger partial charge in [0.15, 0.2) is 15.7 Å². The minimum Gasteiger partial charge on any atom is -0.491 e. The number of halogens is 2. The van der Waals surface area contributed by atoms with Gasteiger partial charge in [-0.25, -0.2) is 23.4 Å². The zero-order valence-corrected chi connectivity index (χ0v) is 35.4. The van der Waals surface area contributed by atoms with E-state index in [1.807, 2.05) is 43.3 Å². The van der Waals surface area contributed by atoms with E-state index in [2.05, 4.69) is 38.7 Å². The van der Waals surface area contributed by atoms with Gasteiger partial charge < -0.3 is 19.1 Å². The van der Waals surface area contributed by atoms with E-state index in [4.69, 9.17) is 41.8 Å². The lowest BCUT2D eigenvalue weighted by Crippen LogP contribution is -2.45. The van der Waals surface area contributed by atoms with Crippen LogP contribution in [0.4, 0.5) is 0 Å². The molecule has 0 saturated carbocycles. The van der Waals surface area contributed by atoms with Gasteiger partial charge in [-0.3, -0.25) is 4.90 Å². The topological polar surface area (TPSA) is 120 Å². The fourth-order valence-electron chi connectivity index (χ4n) is 6.70. The highest BCUT2D eigenvalue weighted by Crippen LogP contribution is 2.45. The van der Waals surface area contributed by atoms with Crippen molar-refractivity contribution in [3.05, 3.63) is 106 Å². The normalized spacial score (nSPS) is 14.5. The number of piperazine rings is 1. The molecule has 0 aliphatic carbocycles. The minimum absolute atomic E-state index is 0.217. The van der Waals surface area contributed by atoms with Gasteiger partial charge in [0.05, 0.1) is 20.0 Å². The van der Waals surface area contributed by atoms with Crippen LogP contribution in [0.15, 0.2) is 84.1 Å². The maximum atomic E-state index is 12.0. The Labute approximate surface area is 347 Å². The summed E-state index contributed by atoms with van der Waals surface area (Å²) in [5.41, 5.74) is 4.76. The van der Waals surface area contributed by atoms with Gasteiger partial charge in [0.1, 0.15) is 36.0 Å². The van der Waals surface area contributed by atoms with Crippen LogP contribution in [0.5, 0.6) is 17.4 Å². The molecule has 0 amide bonds. The van der Waals surface area contributed by atoms with Gasteiger partial charge in [-0.05, 0) is 72.9 Å². The third-order valence-electron chi connectivity index (χ3n) is 10.1. The molecule has 1 saturated heterocycles. The Kier molecular flexibility index (Phi) is 12.9. The summed E-state index contributed by atoms with van der Waals surface area (Å²) >= 11 is 15.1. The first-order valence-electron chi connectivity index (χ1n) is 18.7. The van der Waals surface area contributed by atoms with Crippen LogP contribution >= 0.6 is 34.7 Å². The molecule has 0 radical (unpaired) electrons. The molecule has 1 aliphatic rings. The minimum atomic E-state index is -3.35. The Morgan fingerprint density at radius 3 is 2.44 bits per heavy atom. The summed E-state index contributed by atoms with van der Waals surface area (Å²) in [7, 11) is -1.20. The monoisotopic (exact) mass is 846 g/mol. The second-order valence-corrected chi connectivity index (χ2v) is 17.7. The Balaban J connectivity index is 1.05. The predicted molar refractivity (Wildman–Crippen MR) is 227 cm³/mol. The summed E-state index contributed by atoms with van der Waals surface area (Å²) in [6, 6.07) is 18.3. The summed E-state index contributed by atoms with van der Waals surface area (Å²) < 4.78 is 48.8. The zero-order valence-electron chi connectivity index (χ0n) is 32.2. The number of ether oxygens (including phenoxy) is 3. The van der Waals surface area contributed by atoms with E-state index in [1.165, 1.54) is 17.8 Å². The van der Waals surface area contributed by atoms with Crippen LogP contribution in [0.1, 0.15) is 30.0 Å². The molecule has 15 heteroatoms. The number of aromatic nitrogens is 4. The maximum absolute atomic E-state index is 12.0.